The standard InChI is InChI=1S/C13H18ClNO/c1-9-4-12(14)3-2-11(9)8-15-7-10-5-13(16)6-10/h2-4,10,13,15-16H,5-8H2,1H3. The summed E-state index contributed by atoms with van der Waals surface area (Å²) in [5.74, 6) is 0.655. The molecule has 0 atom stereocenters. The van der Waals surface area contributed by atoms with Gasteiger partial charge in [0.15, 0.2) is 0 Å². The average Bonchev–Trinajstić information content (AvgIpc) is 2.18. The third kappa shape index (κ3) is 2.97. The highest BCUT2D eigenvalue weighted by Gasteiger charge is 2.26. The summed E-state index contributed by atoms with van der Waals surface area (Å²) in [6.45, 7) is 3.96. The lowest BCUT2D eigenvalue weighted by Crippen LogP contribution is -2.35. The summed E-state index contributed by atoms with van der Waals surface area (Å²) in [5, 5.41) is 13.4. The largest absolute Gasteiger partial charge is 0.393 e. The van der Waals surface area contributed by atoms with E-state index in [2.05, 4.69) is 18.3 Å². The highest BCUT2D eigenvalue weighted by molar-refractivity contribution is 6.30. The number of hydrogen-bond donors (Lipinski definition) is 2. The molecule has 0 saturated heterocycles. The molecule has 2 N–H and O–H groups in total. The number of halogens is 1. The van der Waals surface area contributed by atoms with Crippen LogP contribution < -0.4 is 5.32 Å². The van der Waals surface area contributed by atoms with Gasteiger partial charge in [-0.3, -0.25) is 0 Å². The van der Waals surface area contributed by atoms with Gasteiger partial charge in [-0.25, -0.2) is 0 Å². The third-order valence-electron chi connectivity index (χ3n) is 3.26. The Labute approximate surface area is 102 Å². The summed E-state index contributed by atoms with van der Waals surface area (Å²) < 4.78 is 0. The second-order valence-electron chi connectivity index (χ2n) is 4.69. The van der Waals surface area contributed by atoms with E-state index in [0.29, 0.717) is 5.92 Å². The van der Waals surface area contributed by atoms with Crippen molar-refractivity contribution in [3.05, 3.63) is 34.3 Å². The van der Waals surface area contributed by atoms with Crippen LogP contribution in [0.1, 0.15) is 24.0 Å². The topological polar surface area (TPSA) is 32.3 Å². The molecule has 1 aliphatic carbocycles. The van der Waals surface area contributed by atoms with Crippen LogP contribution in [-0.2, 0) is 6.54 Å². The maximum Gasteiger partial charge on any atom is 0.0546 e. The number of rotatable bonds is 4. The van der Waals surface area contributed by atoms with Gasteiger partial charge >= 0.3 is 0 Å². The van der Waals surface area contributed by atoms with Crippen LogP contribution in [0.15, 0.2) is 18.2 Å². The normalized spacial score (nSPS) is 24.2. The Kier molecular flexibility index (Phi) is 3.85. The van der Waals surface area contributed by atoms with E-state index in [4.69, 9.17) is 16.7 Å². The van der Waals surface area contributed by atoms with Crippen molar-refractivity contribution >= 4 is 11.6 Å². The van der Waals surface area contributed by atoms with E-state index in [1.54, 1.807) is 0 Å². The summed E-state index contributed by atoms with van der Waals surface area (Å²) in [6, 6.07) is 5.99. The lowest BCUT2D eigenvalue weighted by molar-refractivity contribution is 0.0429. The molecule has 0 bridgehead atoms. The number of aliphatic hydroxyl groups excluding tert-OH is 1. The summed E-state index contributed by atoms with van der Waals surface area (Å²) >= 11 is 5.90. The van der Waals surface area contributed by atoms with Crippen molar-refractivity contribution in [3.8, 4) is 0 Å². The van der Waals surface area contributed by atoms with Crippen molar-refractivity contribution in [2.75, 3.05) is 6.54 Å². The van der Waals surface area contributed by atoms with Gasteiger partial charge in [0.05, 0.1) is 6.10 Å². The number of aliphatic hydroxyl groups is 1. The summed E-state index contributed by atoms with van der Waals surface area (Å²) in [4.78, 5) is 0. The molecule has 1 saturated carbocycles. The van der Waals surface area contributed by atoms with Crippen LogP contribution in [0.25, 0.3) is 0 Å². The molecule has 0 heterocycles. The van der Waals surface area contributed by atoms with E-state index in [1.807, 2.05) is 12.1 Å². The van der Waals surface area contributed by atoms with Crippen molar-refractivity contribution < 1.29 is 5.11 Å². The molecule has 1 aromatic rings. The molecule has 1 aliphatic rings. The van der Waals surface area contributed by atoms with E-state index >= 15 is 0 Å². The molecule has 0 spiro atoms. The van der Waals surface area contributed by atoms with Crippen LogP contribution in [0.4, 0.5) is 0 Å². The number of nitrogens with one attached hydrogen (secondary N) is 1. The van der Waals surface area contributed by atoms with Crippen molar-refractivity contribution in [1.82, 2.24) is 5.32 Å². The van der Waals surface area contributed by atoms with Gasteiger partial charge in [-0.05, 0) is 55.5 Å². The van der Waals surface area contributed by atoms with Crippen molar-refractivity contribution in [3.63, 3.8) is 0 Å². The van der Waals surface area contributed by atoms with Crippen LogP contribution in [0.3, 0.4) is 0 Å². The molecule has 0 radical (unpaired) electrons. The molecule has 3 heteroatoms. The fraction of sp³-hybridized carbons (Fsp3) is 0.538. The number of hydrogen-bond acceptors (Lipinski definition) is 2. The van der Waals surface area contributed by atoms with E-state index in [1.165, 1.54) is 11.1 Å². The minimum absolute atomic E-state index is 0.0518. The van der Waals surface area contributed by atoms with Crippen molar-refractivity contribution in [1.29, 1.82) is 0 Å². The first-order valence-electron chi connectivity index (χ1n) is 5.79. The van der Waals surface area contributed by atoms with Gasteiger partial charge in [0.2, 0.25) is 0 Å². The molecule has 16 heavy (non-hydrogen) atoms. The van der Waals surface area contributed by atoms with Gasteiger partial charge in [0.25, 0.3) is 0 Å². The monoisotopic (exact) mass is 239 g/mol. The van der Waals surface area contributed by atoms with Crippen LogP contribution in [0, 0.1) is 12.8 Å². The van der Waals surface area contributed by atoms with Crippen LogP contribution >= 0.6 is 11.6 Å². The van der Waals surface area contributed by atoms with Gasteiger partial charge in [-0.15, -0.1) is 0 Å². The van der Waals surface area contributed by atoms with E-state index in [-0.39, 0.29) is 6.10 Å². The Balaban J connectivity index is 1.76. The van der Waals surface area contributed by atoms with Gasteiger partial charge in [-0.1, -0.05) is 17.7 Å². The number of aryl methyl sites for hydroxylation is 1. The summed E-state index contributed by atoms with van der Waals surface area (Å²) in [5.41, 5.74) is 2.53. The zero-order chi connectivity index (χ0) is 11.5. The first kappa shape index (κ1) is 11.9. The SMILES string of the molecule is Cc1cc(Cl)ccc1CNCC1CC(O)C1. The lowest BCUT2D eigenvalue weighted by atomic mass is 9.82. The Morgan fingerprint density at radius 1 is 1.44 bits per heavy atom. The Morgan fingerprint density at radius 3 is 2.81 bits per heavy atom. The molecule has 0 aliphatic heterocycles. The summed E-state index contributed by atoms with van der Waals surface area (Å²) in [6.07, 6.45) is 1.85. The molecular formula is C13H18ClNO. The highest BCUT2D eigenvalue weighted by Crippen LogP contribution is 2.26. The predicted molar refractivity (Wildman–Crippen MR) is 66.6 cm³/mol. The fourth-order valence-electron chi connectivity index (χ4n) is 2.14. The second kappa shape index (κ2) is 5.17. The third-order valence-corrected chi connectivity index (χ3v) is 3.50. The highest BCUT2D eigenvalue weighted by atomic mass is 35.5. The quantitative estimate of drug-likeness (QED) is 0.846. The van der Waals surface area contributed by atoms with E-state index in [0.717, 1.165) is 31.0 Å². The molecule has 1 aromatic carbocycles. The van der Waals surface area contributed by atoms with Crippen LogP contribution in [-0.4, -0.2) is 17.8 Å². The zero-order valence-corrected chi connectivity index (χ0v) is 10.3. The zero-order valence-electron chi connectivity index (χ0n) is 9.54. The second-order valence-corrected chi connectivity index (χ2v) is 5.13. The minimum atomic E-state index is -0.0518. The minimum Gasteiger partial charge on any atom is -0.393 e. The first-order valence-corrected chi connectivity index (χ1v) is 6.17. The maximum atomic E-state index is 9.17. The Morgan fingerprint density at radius 2 is 2.19 bits per heavy atom. The lowest BCUT2D eigenvalue weighted by Gasteiger charge is -2.31. The van der Waals surface area contributed by atoms with Gasteiger partial charge in [0.1, 0.15) is 0 Å². The molecule has 0 amide bonds. The van der Waals surface area contributed by atoms with Gasteiger partial charge in [-0.2, -0.15) is 0 Å². The van der Waals surface area contributed by atoms with Gasteiger partial charge < -0.3 is 10.4 Å². The van der Waals surface area contributed by atoms with Crippen LogP contribution in [0.5, 0.6) is 0 Å². The van der Waals surface area contributed by atoms with Crippen LogP contribution in [0.2, 0.25) is 5.02 Å². The number of benzene rings is 1. The van der Waals surface area contributed by atoms with Crippen molar-refractivity contribution in [2.24, 2.45) is 5.92 Å². The predicted octanol–water partition coefficient (Wildman–Crippen LogP) is 2.51. The average molecular weight is 240 g/mol. The van der Waals surface area contributed by atoms with E-state index in [9.17, 15) is 0 Å². The molecule has 1 fully saturated rings. The Bertz CT molecular complexity index is 361. The molecule has 88 valence electrons. The summed E-state index contributed by atoms with van der Waals surface area (Å²) in [7, 11) is 0. The smallest absolute Gasteiger partial charge is 0.0546 e. The first-order chi connectivity index (χ1) is 7.65. The molecule has 0 aromatic heterocycles. The van der Waals surface area contributed by atoms with Crippen molar-refractivity contribution in [2.45, 2.75) is 32.4 Å². The fourth-order valence-corrected chi connectivity index (χ4v) is 2.36. The van der Waals surface area contributed by atoms with Gasteiger partial charge in [0, 0.05) is 11.6 Å². The molecule has 2 nitrogen and oxygen atoms in total. The Hall–Kier alpha value is -0.570. The molecular weight excluding hydrogens is 222 g/mol. The molecule has 2 rings (SSSR count). The van der Waals surface area contributed by atoms with E-state index < -0.39 is 0 Å². The molecule has 0 unspecified atom stereocenters. The maximum absolute atomic E-state index is 9.17.